The normalized spacial score (nSPS) is 26.2. The van der Waals surface area contributed by atoms with Gasteiger partial charge in [0.2, 0.25) is 0 Å². The van der Waals surface area contributed by atoms with E-state index in [1.807, 2.05) is 36.4 Å². The first-order chi connectivity index (χ1) is 13.5. The summed E-state index contributed by atoms with van der Waals surface area (Å²) in [6.45, 7) is 0.927. The molecule has 1 atom stereocenters. The van der Waals surface area contributed by atoms with Crippen molar-refractivity contribution in [3.05, 3.63) is 71.0 Å². The molecule has 4 rings (SSSR count). The summed E-state index contributed by atoms with van der Waals surface area (Å²) in [6, 6.07) is 5.38. The molecule has 28 heavy (non-hydrogen) atoms. The van der Waals surface area contributed by atoms with Crippen molar-refractivity contribution in [3.63, 3.8) is 0 Å². The highest BCUT2D eigenvalue weighted by atomic mass is 19.1. The quantitative estimate of drug-likeness (QED) is 0.699. The molecule has 0 bridgehead atoms. The molecular weight excluding hydrogens is 361 g/mol. The zero-order valence-corrected chi connectivity index (χ0v) is 15.7. The van der Waals surface area contributed by atoms with Gasteiger partial charge in [0.15, 0.2) is 0 Å². The Morgan fingerprint density at radius 3 is 2.89 bits per heavy atom. The molecule has 148 valence electrons. The number of carboxylic acid groups (broad SMARTS) is 1. The Bertz CT molecular complexity index is 858. The van der Waals surface area contributed by atoms with Crippen molar-refractivity contribution >= 4 is 5.97 Å². The topological polar surface area (TPSA) is 73.8 Å². The lowest BCUT2D eigenvalue weighted by atomic mass is 9.71. The molecule has 0 radical (unpaired) electrons. The van der Waals surface area contributed by atoms with Crippen molar-refractivity contribution in [3.8, 4) is 0 Å². The molecule has 2 aliphatic heterocycles. The van der Waals surface area contributed by atoms with E-state index in [4.69, 9.17) is 9.84 Å². The summed E-state index contributed by atoms with van der Waals surface area (Å²) in [4.78, 5) is 13.0. The highest BCUT2D eigenvalue weighted by molar-refractivity contribution is 5.71. The number of carboxylic acids is 1. The molecule has 1 fully saturated rings. The number of benzene rings is 1. The summed E-state index contributed by atoms with van der Waals surface area (Å²) in [7, 11) is 1.97. The third-order valence-corrected chi connectivity index (χ3v) is 5.62. The summed E-state index contributed by atoms with van der Waals surface area (Å²) >= 11 is 0. The predicted octanol–water partition coefficient (Wildman–Crippen LogP) is 2.62. The maximum atomic E-state index is 14.9. The van der Waals surface area contributed by atoms with E-state index in [-0.39, 0.29) is 30.3 Å². The van der Waals surface area contributed by atoms with Crippen molar-refractivity contribution in [1.82, 2.24) is 15.8 Å². The lowest BCUT2D eigenvalue weighted by Crippen LogP contribution is -2.37. The first kappa shape index (κ1) is 18.6. The molecule has 6 nitrogen and oxygen atoms in total. The predicted molar refractivity (Wildman–Crippen MR) is 102 cm³/mol. The minimum atomic E-state index is -0.797. The van der Waals surface area contributed by atoms with Crippen LogP contribution in [-0.2, 0) is 16.1 Å². The number of nitrogens with zero attached hydrogens (tertiary/aromatic N) is 1. The van der Waals surface area contributed by atoms with Crippen LogP contribution in [-0.4, -0.2) is 35.6 Å². The minimum absolute atomic E-state index is 0.0254. The summed E-state index contributed by atoms with van der Waals surface area (Å²) in [5.74, 6) is -0.791. The number of aliphatic carboxylic acids is 1. The van der Waals surface area contributed by atoms with Gasteiger partial charge in [0.25, 0.3) is 0 Å². The average Bonchev–Trinajstić information content (AvgIpc) is 3.15. The fraction of sp³-hybridized carbons (Fsp3) is 0.381. The zero-order chi connectivity index (χ0) is 19.7. The van der Waals surface area contributed by atoms with Crippen LogP contribution in [0, 0.1) is 11.7 Å². The smallest absolute Gasteiger partial charge is 0.306 e. The number of rotatable bonds is 6. The van der Waals surface area contributed by atoms with Crippen LogP contribution in [0.2, 0.25) is 0 Å². The number of carbonyl (C=O) groups is 1. The van der Waals surface area contributed by atoms with E-state index in [2.05, 4.69) is 16.9 Å². The molecule has 0 aromatic heterocycles. The van der Waals surface area contributed by atoms with E-state index in [1.54, 1.807) is 12.1 Å². The van der Waals surface area contributed by atoms with E-state index in [9.17, 15) is 9.18 Å². The second-order valence-electron chi connectivity index (χ2n) is 7.48. The maximum Gasteiger partial charge on any atom is 0.306 e. The van der Waals surface area contributed by atoms with Crippen molar-refractivity contribution < 1.29 is 19.0 Å². The van der Waals surface area contributed by atoms with Gasteiger partial charge in [-0.1, -0.05) is 24.3 Å². The van der Waals surface area contributed by atoms with E-state index in [0.717, 1.165) is 12.2 Å². The molecule has 1 aliphatic carbocycles. The van der Waals surface area contributed by atoms with Crippen molar-refractivity contribution in [1.29, 1.82) is 0 Å². The van der Waals surface area contributed by atoms with Crippen LogP contribution in [0.3, 0.4) is 0 Å². The Kier molecular flexibility index (Phi) is 5.09. The van der Waals surface area contributed by atoms with E-state index in [0.29, 0.717) is 29.7 Å². The largest absolute Gasteiger partial charge is 0.487 e. The van der Waals surface area contributed by atoms with E-state index in [1.165, 1.54) is 0 Å². The number of hydrogen-bond donors (Lipinski definition) is 3. The Morgan fingerprint density at radius 1 is 1.39 bits per heavy atom. The van der Waals surface area contributed by atoms with Crippen molar-refractivity contribution in [2.75, 3.05) is 13.6 Å². The standard InChI is InChI=1S/C21H24FN3O3/c1-25-11-16(5-6-19(25)18-7-8-23-24-18)28-12-13-3-2-4-17(20(13)22)14-9-15(10-14)21(26)27/h2-7,11,14-15,19,23-24H,8-10,12H2,1H3,(H,26,27). The summed E-state index contributed by atoms with van der Waals surface area (Å²) in [5.41, 5.74) is 8.36. The lowest BCUT2D eigenvalue weighted by Gasteiger charge is -2.33. The van der Waals surface area contributed by atoms with Crippen LogP contribution in [0.5, 0.6) is 0 Å². The van der Waals surface area contributed by atoms with Crippen LogP contribution in [0.4, 0.5) is 4.39 Å². The van der Waals surface area contributed by atoms with E-state index < -0.39 is 5.97 Å². The molecule has 1 unspecified atom stereocenters. The van der Waals surface area contributed by atoms with Crippen molar-refractivity contribution in [2.24, 2.45) is 5.92 Å². The van der Waals surface area contributed by atoms with Gasteiger partial charge < -0.3 is 20.2 Å². The minimum Gasteiger partial charge on any atom is -0.487 e. The van der Waals surface area contributed by atoms with Gasteiger partial charge in [0, 0.05) is 31.1 Å². The molecule has 0 amide bonds. The molecule has 1 saturated carbocycles. The number of halogens is 1. The maximum absolute atomic E-state index is 14.9. The second-order valence-corrected chi connectivity index (χ2v) is 7.48. The van der Waals surface area contributed by atoms with Crippen LogP contribution in [0.15, 0.2) is 54.1 Å². The van der Waals surface area contributed by atoms with Gasteiger partial charge in [-0.3, -0.25) is 4.79 Å². The number of likely N-dealkylation sites (N-methyl/N-ethyl adjacent to an activating group) is 1. The molecule has 0 spiro atoms. The summed E-state index contributed by atoms with van der Waals surface area (Å²) < 4.78 is 20.7. The van der Waals surface area contributed by atoms with Crippen LogP contribution >= 0.6 is 0 Å². The number of hydrogen-bond acceptors (Lipinski definition) is 5. The fourth-order valence-corrected chi connectivity index (χ4v) is 3.87. The monoisotopic (exact) mass is 385 g/mol. The summed E-state index contributed by atoms with van der Waals surface area (Å²) in [6.07, 6.45) is 8.92. The fourth-order valence-electron chi connectivity index (χ4n) is 3.87. The number of nitrogens with one attached hydrogen (secondary N) is 2. The zero-order valence-electron chi connectivity index (χ0n) is 15.7. The molecule has 3 aliphatic rings. The second kappa shape index (κ2) is 7.67. The molecule has 3 N–H and O–H groups in total. The number of hydrazine groups is 1. The highest BCUT2D eigenvalue weighted by Gasteiger charge is 2.36. The summed E-state index contributed by atoms with van der Waals surface area (Å²) in [5, 5.41) is 9.02. The van der Waals surface area contributed by atoms with Crippen LogP contribution < -0.4 is 10.9 Å². The Balaban J connectivity index is 1.38. The van der Waals surface area contributed by atoms with Gasteiger partial charge in [-0.15, -0.1) is 0 Å². The molecule has 2 heterocycles. The average molecular weight is 385 g/mol. The molecule has 0 saturated heterocycles. The molecule has 1 aromatic carbocycles. The first-order valence-corrected chi connectivity index (χ1v) is 9.46. The number of allylic oxidation sites excluding steroid dienone is 1. The van der Waals surface area contributed by atoms with Gasteiger partial charge in [0.1, 0.15) is 18.2 Å². The first-order valence-electron chi connectivity index (χ1n) is 9.46. The van der Waals surface area contributed by atoms with Crippen LogP contribution in [0.25, 0.3) is 0 Å². The SMILES string of the molecule is CN1C=C(OCc2cccc(C3CC(C(=O)O)C3)c2F)C=CC1C1=CCNN1. The third kappa shape index (κ3) is 3.62. The van der Waals surface area contributed by atoms with Crippen molar-refractivity contribution in [2.45, 2.75) is 31.4 Å². The van der Waals surface area contributed by atoms with Gasteiger partial charge in [-0.2, -0.15) is 0 Å². The molecule has 1 aromatic rings. The third-order valence-electron chi connectivity index (χ3n) is 5.62. The highest BCUT2D eigenvalue weighted by Crippen LogP contribution is 2.43. The van der Waals surface area contributed by atoms with Gasteiger partial charge in [-0.05, 0) is 36.5 Å². The molecular formula is C21H24FN3O3. The number of ether oxygens (including phenoxy) is 1. The molecule has 7 heteroatoms. The Hall–Kier alpha value is -2.80. The Morgan fingerprint density at radius 2 is 2.21 bits per heavy atom. The van der Waals surface area contributed by atoms with E-state index >= 15 is 0 Å². The van der Waals surface area contributed by atoms with Gasteiger partial charge in [0.05, 0.1) is 12.0 Å². The van der Waals surface area contributed by atoms with Crippen LogP contribution in [0.1, 0.15) is 29.9 Å². The Labute approximate surface area is 163 Å². The van der Waals surface area contributed by atoms with Gasteiger partial charge in [-0.25, -0.2) is 9.82 Å². The van der Waals surface area contributed by atoms with Gasteiger partial charge >= 0.3 is 5.97 Å². The lowest BCUT2D eigenvalue weighted by molar-refractivity contribution is -0.145.